The number of benzene rings is 2. The summed E-state index contributed by atoms with van der Waals surface area (Å²) in [6.45, 7) is 0.954. The van der Waals surface area contributed by atoms with E-state index in [9.17, 15) is 8.42 Å². The van der Waals surface area contributed by atoms with Crippen molar-refractivity contribution in [1.29, 1.82) is 0 Å². The zero-order valence-corrected chi connectivity index (χ0v) is 21.5. The average Bonchev–Trinajstić information content (AvgIpc) is 3.66. The second kappa shape index (κ2) is 8.98. The summed E-state index contributed by atoms with van der Waals surface area (Å²) in [7, 11) is -1.21. The number of aromatic nitrogens is 3. The summed E-state index contributed by atoms with van der Waals surface area (Å²) in [6, 6.07) is 9.11. The Labute approximate surface area is 214 Å². The van der Waals surface area contributed by atoms with E-state index in [4.69, 9.17) is 18.7 Å². The molecule has 1 aliphatic heterocycles. The SMILES string of the molecule is COc1ccc2c(c1S(=O)(=O)Nc1noc3cc(Cn4cccn4)cc(OC)c13)OCCC21CCCC1. The molecule has 0 bridgehead atoms. The topological polar surface area (TPSA) is 118 Å². The fraction of sp³-hybridized carbons (Fsp3) is 0.385. The first kappa shape index (κ1) is 23.7. The van der Waals surface area contributed by atoms with Gasteiger partial charge >= 0.3 is 0 Å². The van der Waals surface area contributed by atoms with Gasteiger partial charge in [0.1, 0.15) is 22.6 Å². The molecule has 1 N–H and O–H groups in total. The lowest BCUT2D eigenvalue weighted by Gasteiger charge is -2.36. The van der Waals surface area contributed by atoms with Gasteiger partial charge in [0, 0.05) is 23.4 Å². The van der Waals surface area contributed by atoms with E-state index < -0.39 is 10.0 Å². The molecule has 0 amide bonds. The van der Waals surface area contributed by atoms with E-state index in [2.05, 4.69) is 15.0 Å². The highest BCUT2D eigenvalue weighted by atomic mass is 32.2. The van der Waals surface area contributed by atoms with Crippen molar-refractivity contribution in [2.75, 3.05) is 25.5 Å². The van der Waals surface area contributed by atoms with Crippen molar-refractivity contribution >= 4 is 26.8 Å². The molecule has 1 spiro atoms. The van der Waals surface area contributed by atoms with Crippen LogP contribution >= 0.6 is 0 Å². The maximum absolute atomic E-state index is 13.9. The van der Waals surface area contributed by atoms with Gasteiger partial charge in [-0.15, -0.1) is 0 Å². The molecule has 2 aromatic carbocycles. The van der Waals surface area contributed by atoms with E-state index in [1.165, 1.54) is 14.2 Å². The monoisotopic (exact) mass is 524 g/mol. The van der Waals surface area contributed by atoms with Crippen molar-refractivity contribution in [1.82, 2.24) is 14.9 Å². The van der Waals surface area contributed by atoms with Gasteiger partial charge in [-0.1, -0.05) is 24.1 Å². The van der Waals surface area contributed by atoms with E-state index in [-0.39, 0.29) is 21.9 Å². The fourth-order valence-corrected chi connectivity index (χ4v) is 7.07. The van der Waals surface area contributed by atoms with Crippen LogP contribution in [0, 0.1) is 0 Å². The minimum atomic E-state index is -4.17. The molecule has 10 nitrogen and oxygen atoms in total. The molecule has 0 radical (unpaired) electrons. The predicted molar refractivity (Wildman–Crippen MR) is 136 cm³/mol. The van der Waals surface area contributed by atoms with Gasteiger partial charge in [0.25, 0.3) is 10.0 Å². The van der Waals surface area contributed by atoms with Gasteiger partial charge in [-0.3, -0.25) is 9.40 Å². The van der Waals surface area contributed by atoms with Gasteiger partial charge in [0.15, 0.2) is 16.3 Å². The number of fused-ring (bicyclic) bond motifs is 3. The maximum Gasteiger partial charge on any atom is 0.270 e. The molecule has 1 saturated carbocycles. The lowest BCUT2D eigenvalue weighted by molar-refractivity contribution is 0.208. The first-order valence-corrected chi connectivity index (χ1v) is 13.7. The Morgan fingerprint density at radius 2 is 1.92 bits per heavy atom. The molecule has 194 valence electrons. The van der Waals surface area contributed by atoms with Crippen molar-refractivity contribution in [2.24, 2.45) is 0 Å². The molecule has 0 unspecified atom stereocenters. The van der Waals surface area contributed by atoms with Crippen LogP contribution < -0.4 is 18.9 Å². The Hall–Kier alpha value is -3.73. The van der Waals surface area contributed by atoms with Gasteiger partial charge in [-0.2, -0.15) is 5.10 Å². The summed E-state index contributed by atoms with van der Waals surface area (Å²) in [5, 5.41) is 8.69. The summed E-state index contributed by atoms with van der Waals surface area (Å²) in [6.07, 6.45) is 8.72. The standard InChI is InChI=1S/C26H28N4O6S/c1-33-19-7-6-18-23(35-13-10-26(18)8-3-4-9-26)24(19)37(31,32)29-25-22-20(34-2)14-17(15-21(22)36-28-25)16-30-12-5-11-27-30/h5-7,11-12,14-15H,3-4,8-10,13,16H2,1-2H3,(H,28,29). The van der Waals surface area contributed by atoms with Gasteiger partial charge in [0.2, 0.25) is 0 Å². The largest absolute Gasteiger partial charge is 0.496 e. The van der Waals surface area contributed by atoms with Crippen LogP contribution in [0.1, 0.15) is 43.2 Å². The van der Waals surface area contributed by atoms with E-state index in [1.807, 2.05) is 24.4 Å². The first-order chi connectivity index (χ1) is 17.9. The third-order valence-corrected chi connectivity index (χ3v) is 8.86. The molecular formula is C26H28N4O6S. The third-order valence-electron chi connectivity index (χ3n) is 7.48. The highest BCUT2D eigenvalue weighted by Crippen LogP contribution is 2.53. The Kier molecular flexibility index (Phi) is 5.74. The number of anilines is 1. The summed E-state index contributed by atoms with van der Waals surface area (Å²) in [4.78, 5) is -0.0242. The van der Waals surface area contributed by atoms with Crippen LogP contribution in [-0.2, 0) is 22.0 Å². The number of hydrogen-bond donors (Lipinski definition) is 1. The molecule has 11 heteroatoms. The van der Waals surface area contributed by atoms with Crippen LogP contribution in [0.5, 0.6) is 17.2 Å². The Morgan fingerprint density at radius 3 is 2.65 bits per heavy atom. The number of ether oxygens (including phenoxy) is 3. The Morgan fingerprint density at radius 1 is 1.11 bits per heavy atom. The van der Waals surface area contributed by atoms with Crippen molar-refractivity contribution in [2.45, 2.75) is 49.0 Å². The molecule has 3 heterocycles. The molecule has 4 aromatic rings. The molecule has 2 aliphatic rings. The third kappa shape index (κ3) is 3.97. The lowest BCUT2D eigenvalue weighted by Crippen LogP contribution is -2.31. The van der Waals surface area contributed by atoms with E-state index in [0.717, 1.165) is 43.2 Å². The molecule has 2 aromatic heterocycles. The second-order valence-electron chi connectivity index (χ2n) is 9.57. The number of rotatable bonds is 7. The van der Waals surface area contributed by atoms with E-state index in [1.54, 1.807) is 23.0 Å². The van der Waals surface area contributed by atoms with Crippen LogP contribution in [0.15, 0.2) is 52.1 Å². The quantitative estimate of drug-likeness (QED) is 0.376. The summed E-state index contributed by atoms with van der Waals surface area (Å²) in [5.41, 5.74) is 2.14. The number of methoxy groups -OCH3 is 2. The van der Waals surface area contributed by atoms with Crippen molar-refractivity contribution in [3.8, 4) is 17.2 Å². The number of sulfonamides is 1. The van der Waals surface area contributed by atoms with Crippen molar-refractivity contribution in [3.63, 3.8) is 0 Å². The zero-order chi connectivity index (χ0) is 25.6. The van der Waals surface area contributed by atoms with Gasteiger partial charge in [0.05, 0.1) is 27.4 Å². The summed E-state index contributed by atoms with van der Waals surface area (Å²) < 4.78 is 54.7. The van der Waals surface area contributed by atoms with Crippen LogP contribution in [0.2, 0.25) is 0 Å². The molecule has 37 heavy (non-hydrogen) atoms. The number of nitrogens with one attached hydrogen (secondary N) is 1. The normalized spacial score (nSPS) is 16.5. The second-order valence-corrected chi connectivity index (χ2v) is 11.2. The summed E-state index contributed by atoms with van der Waals surface area (Å²) >= 11 is 0. The highest BCUT2D eigenvalue weighted by Gasteiger charge is 2.43. The molecule has 1 aliphatic carbocycles. The number of nitrogens with zero attached hydrogens (tertiary/aromatic N) is 3. The molecule has 1 fully saturated rings. The minimum Gasteiger partial charge on any atom is -0.496 e. The van der Waals surface area contributed by atoms with Crippen LogP contribution in [-0.4, -0.2) is 44.2 Å². The smallest absolute Gasteiger partial charge is 0.270 e. The first-order valence-electron chi connectivity index (χ1n) is 12.2. The van der Waals surface area contributed by atoms with Crippen LogP contribution in [0.3, 0.4) is 0 Å². The zero-order valence-electron chi connectivity index (χ0n) is 20.7. The van der Waals surface area contributed by atoms with Crippen LogP contribution in [0.25, 0.3) is 11.0 Å². The highest BCUT2D eigenvalue weighted by molar-refractivity contribution is 7.93. The van der Waals surface area contributed by atoms with Gasteiger partial charge in [-0.05, 0) is 49.1 Å². The minimum absolute atomic E-state index is 0.0242. The Bertz CT molecular complexity index is 1560. The van der Waals surface area contributed by atoms with Crippen molar-refractivity contribution < 1.29 is 27.2 Å². The van der Waals surface area contributed by atoms with Gasteiger partial charge < -0.3 is 18.7 Å². The maximum atomic E-state index is 13.9. The molecular weight excluding hydrogens is 496 g/mol. The van der Waals surface area contributed by atoms with Crippen molar-refractivity contribution in [3.05, 3.63) is 53.9 Å². The Balaban J connectivity index is 1.41. The van der Waals surface area contributed by atoms with Gasteiger partial charge in [-0.25, -0.2) is 8.42 Å². The molecule has 0 atom stereocenters. The molecule has 0 saturated heterocycles. The predicted octanol–water partition coefficient (Wildman–Crippen LogP) is 4.48. The lowest BCUT2D eigenvalue weighted by atomic mass is 9.74. The molecule has 6 rings (SSSR count). The van der Waals surface area contributed by atoms with Crippen LogP contribution in [0.4, 0.5) is 5.82 Å². The van der Waals surface area contributed by atoms with E-state index >= 15 is 0 Å². The van der Waals surface area contributed by atoms with E-state index in [0.29, 0.717) is 35.6 Å². The fourth-order valence-electron chi connectivity index (χ4n) is 5.75. The number of hydrogen-bond acceptors (Lipinski definition) is 8. The average molecular weight is 525 g/mol. The summed E-state index contributed by atoms with van der Waals surface area (Å²) in [5.74, 6) is 1.04.